The zero-order valence-corrected chi connectivity index (χ0v) is 16.4. The number of aromatic nitrogens is 1. The fourth-order valence-electron chi connectivity index (χ4n) is 3.01. The fourth-order valence-corrected chi connectivity index (χ4v) is 3.14. The van der Waals surface area contributed by atoms with E-state index in [-0.39, 0.29) is 12.7 Å². The summed E-state index contributed by atoms with van der Waals surface area (Å²) in [5, 5.41) is 4.64. The summed E-state index contributed by atoms with van der Waals surface area (Å²) < 4.78 is 21.8. The van der Waals surface area contributed by atoms with Crippen molar-refractivity contribution in [1.29, 1.82) is 0 Å². The van der Waals surface area contributed by atoms with Crippen molar-refractivity contribution < 1.29 is 23.5 Å². The van der Waals surface area contributed by atoms with E-state index in [4.69, 9.17) is 30.3 Å². The standard InChI is InChI=1S/C22H20ClNO5/c23-17-7-3-15(4-8-17)21-12-20(29-24-21)14-28-22(25)16-5-9-18(10-6-16)27-13-19-2-1-11-26-19/h3-10,12,19H,1-2,11,13-14H2/t19-/m1/s1. The molecule has 0 bridgehead atoms. The second-order valence-electron chi connectivity index (χ2n) is 6.73. The first-order chi connectivity index (χ1) is 14.2. The van der Waals surface area contributed by atoms with Gasteiger partial charge in [0, 0.05) is 23.3 Å². The summed E-state index contributed by atoms with van der Waals surface area (Å²) in [5.74, 6) is 0.708. The van der Waals surface area contributed by atoms with Crippen LogP contribution in [0.4, 0.5) is 0 Å². The summed E-state index contributed by atoms with van der Waals surface area (Å²) in [6.45, 7) is 1.31. The van der Waals surface area contributed by atoms with Crippen LogP contribution in [0.25, 0.3) is 11.3 Å². The number of halogens is 1. The van der Waals surface area contributed by atoms with Crippen molar-refractivity contribution in [3.8, 4) is 17.0 Å². The normalized spacial score (nSPS) is 16.0. The average molecular weight is 414 g/mol. The van der Waals surface area contributed by atoms with Crippen LogP contribution in [0.15, 0.2) is 59.1 Å². The molecule has 1 aromatic heterocycles. The molecule has 4 rings (SSSR count). The first-order valence-electron chi connectivity index (χ1n) is 9.40. The van der Waals surface area contributed by atoms with Gasteiger partial charge in [-0.25, -0.2) is 4.79 Å². The number of hydrogen-bond donors (Lipinski definition) is 0. The highest BCUT2D eigenvalue weighted by Gasteiger charge is 2.16. The van der Waals surface area contributed by atoms with E-state index in [9.17, 15) is 4.79 Å². The molecule has 2 aromatic carbocycles. The number of carbonyl (C=O) groups is 1. The van der Waals surface area contributed by atoms with Crippen LogP contribution in [0, 0.1) is 0 Å². The number of benzene rings is 2. The van der Waals surface area contributed by atoms with Crippen molar-refractivity contribution >= 4 is 17.6 Å². The van der Waals surface area contributed by atoms with Crippen LogP contribution in [0.3, 0.4) is 0 Å². The van der Waals surface area contributed by atoms with Crippen molar-refractivity contribution in [3.63, 3.8) is 0 Å². The van der Waals surface area contributed by atoms with Gasteiger partial charge >= 0.3 is 5.97 Å². The maximum Gasteiger partial charge on any atom is 0.338 e. The molecule has 1 atom stereocenters. The summed E-state index contributed by atoms with van der Waals surface area (Å²) in [6.07, 6.45) is 2.25. The SMILES string of the molecule is O=C(OCc1cc(-c2ccc(Cl)cc2)no1)c1ccc(OC[C@H]2CCCO2)cc1. The van der Waals surface area contributed by atoms with Crippen LogP contribution < -0.4 is 4.74 Å². The molecule has 150 valence electrons. The molecular weight excluding hydrogens is 394 g/mol. The number of carbonyl (C=O) groups excluding carboxylic acids is 1. The lowest BCUT2D eigenvalue weighted by molar-refractivity contribution is 0.0437. The van der Waals surface area contributed by atoms with E-state index in [1.807, 2.05) is 12.1 Å². The van der Waals surface area contributed by atoms with Gasteiger partial charge in [-0.05, 0) is 49.2 Å². The van der Waals surface area contributed by atoms with E-state index < -0.39 is 5.97 Å². The molecule has 1 aliphatic rings. The zero-order valence-electron chi connectivity index (χ0n) is 15.7. The Labute approximate surface area is 173 Å². The molecule has 0 N–H and O–H groups in total. The predicted molar refractivity (Wildman–Crippen MR) is 107 cm³/mol. The van der Waals surface area contributed by atoms with Gasteiger partial charge in [-0.3, -0.25) is 0 Å². The highest BCUT2D eigenvalue weighted by molar-refractivity contribution is 6.30. The molecule has 6 nitrogen and oxygen atoms in total. The minimum Gasteiger partial charge on any atom is -0.491 e. The van der Waals surface area contributed by atoms with Gasteiger partial charge in [0.2, 0.25) is 0 Å². The van der Waals surface area contributed by atoms with Gasteiger partial charge in [0.15, 0.2) is 12.4 Å². The van der Waals surface area contributed by atoms with Crippen molar-refractivity contribution in [1.82, 2.24) is 5.16 Å². The number of esters is 1. The van der Waals surface area contributed by atoms with Crippen LogP contribution in [-0.2, 0) is 16.1 Å². The molecule has 1 fully saturated rings. The number of ether oxygens (including phenoxy) is 3. The lowest BCUT2D eigenvalue weighted by atomic mass is 10.1. The predicted octanol–water partition coefficient (Wildman–Crippen LogP) is 4.91. The molecule has 0 saturated carbocycles. The third kappa shape index (κ3) is 5.16. The topological polar surface area (TPSA) is 70.8 Å². The van der Waals surface area contributed by atoms with Gasteiger partial charge in [0.05, 0.1) is 11.7 Å². The van der Waals surface area contributed by atoms with E-state index in [0.29, 0.717) is 34.4 Å². The van der Waals surface area contributed by atoms with Crippen LogP contribution in [0.1, 0.15) is 29.0 Å². The fraction of sp³-hybridized carbons (Fsp3) is 0.273. The van der Waals surface area contributed by atoms with Crippen molar-refractivity contribution in [2.75, 3.05) is 13.2 Å². The number of hydrogen-bond acceptors (Lipinski definition) is 6. The van der Waals surface area contributed by atoms with Gasteiger partial charge < -0.3 is 18.7 Å². The van der Waals surface area contributed by atoms with E-state index in [1.54, 1.807) is 42.5 Å². The largest absolute Gasteiger partial charge is 0.491 e. The molecule has 0 unspecified atom stereocenters. The van der Waals surface area contributed by atoms with Gasteiger partial charge in [-0.15, -0.1) is 0 Å². The molecule has 0 aliphatic carbocycles. The monoisotopic (exact) mass is 413 g/mol. The average Bonchev–Trinajstić information content (AvgIpc) is 3.44. The van der Waals surface area contributed by atoms with Crippen molar-refractivity contribution in [3.05, 3.63) is 70.9 Å². The van der Waals surface area contributed by atoms with E-state index in [0.717, 1.165) is 25.0 Å². The molecule has 7 heteroatoms. The van der Waals surface area contributed by atoms with Gasteiger partial charge in [-0.2, -0.15) is 0 Å². The van der Waals surface area contributed by atoms with Crippen LogP contribution in [0.2, 0.25) is 5.02 Å². The first kappa shape index (κ1) is 19.5. The molecule has 0 amide bonds. The lowest BCUT2D eigenvalue weighted by Gasteiger charge is -2.11. The Morgan fingerprint density at radius 3 is 2.66 bits per heavy atom. The minimum atomic E-state index is -0.444. The quantitative estimate of drug-likeness (QED) is 0.512. The van der Waals surface area contributed by atoms with Crippen LogP contribution >= 0.6 is 11.6 Å². The molecule has 1 aliphatic heterocycles. The smallest absolute Gasteiger partial charge is 0.338 e. The Balaban J connectivity index is 1.28. The van der Waals surface area contributed by atoms with Crippen LogP contribution in [0.5, 0.6) is 5.75 Å². The summed E-state index contributed by atoms with van der Waals surface area (Å²) in [5.41, 5.74) is 1.96. The molecule has 3 aromatic rings. The molecule has 1 saturated heterocycles. The molecular formula is C22H20ClNO5. The maximum atomic E-state index is 12.3. The highest BCUT2D eigenvalue weighted by Crippen LogP contribution is 2.22. The summed E-state index contributed by atoms with van der Waals surface area (Å²) in [4.78, 5) is 12.3. The minimum absolute atomic E-state index is 0.00328. The third-order valence-electron chi connectivity index (χ3n) is 4.59. The molecule has 0 spiro atoms. The van der Waals surface area contributed by atoms with Crippen molar-refractivity contribution in [2.45, 2.75) is 25.6 Å². The second-order valence-corrected chi connectivity index (χ2v) is 7.17. The Bertz CT molecular complexity index is 946. The number of nitrogens with zero attached hydrogens (tertiary/aromatic N) is 1. The lowest BCUT2D eigenvalue weighted by Crippen LogP contribution is -2.16. The van der Waals surface area contributed by atoms with E-state index in [2.05, 4.69) is 5.16 Å². The highest BCUT2D eigenvalue weighted by atomic mass is 35.5. The molecule has 2 heterocycles. The molecule has 0 radical (unpaired) electrons. The first-order valence-corrected chi connectivity index (χ1v) is 9.78. The van der Waals surface area contributed by atoms with Crippen LogP contribution in [-0.4, -0.2) is 30.4 Å². The Morgan fingerprint density at radius 2 is 1.93 bits per heavy atom. The molecule has 29 heavy (non-hydrogen) atoms. The zero-order chi connectivity index (χ0) is 20.1. The van der Waals surface area contributed by atoms with Gasteiger partial charge in [-0.1, -0.05) is 28.9 Å². The summed E-state index contributed by atoms with van der Waals surface area (Å²) >= 11 is 5.89. The summed E-state index contributed by atoms with van der Waals surface area (Å²) in [6, 6.07) is 15.8. The Kier molecular flexibility index (Phi) is 6.12. The second kappa shape index (κ2) is 9.11. The Morgan fingerprint density at radius 1 is 1.14 bits per heavy atom. The van der Waals surface area contributed by atoms with Gasteiger partial charge in [0.25, 0.3) is 0 Å². The van der Waals surface area contributed by atoms with Gasteiger partial charge in [0.1, 0.15) is 18.1 Å². The summed E-state index contributed by atoms with van der Waals surface area (Å²) in [7, 11) is 0. The van der Waals surface area contributed by atoms with E-state index >= 15 is 0 Å². The third-order valence-corrected chi connectivity index (χ3v) is 4.85. The Hall–Kier alpha value is -2.83. The van der Waals surface area contributed by atoms with E-state index in [1.165, 1.54) is 0 Å². The number of rotatable bonds is 7. The van der Waals surface area contributed by atoms with Crippen molar-refractivity contribution in [2.24, 2.45) is 0 Å². The maximum absolute atomic E-state index is 12.3.